The number of fused-ring (bicyclic) bond motifs is 1. The molecule has 0 atom stereocenters. The third-order valence-electron chi connectivity index (χ3n) is 4.98. The fourth-order valence-electron chi connectivity index (χ4n) is 3.41. The molecule has 0 N–H and O–H groups in total. The molecule has 1 aliphatic carbocycles. The van der Waals surface area contributed by atoms with E-state index in [4.69, 9.17) is 4.74 Å². The number of ether oxygens (including phenoxy) is 1. The predicted molar refractivity (Wildman–Crippen MR) is 89.3 cm³/mol. The maximum Gasteiger partial charge on any atom is 0.123 e. The Balaban J connectivity index is 1.41. The van der Waals surface area contributed by atoms with Crippen LogP contribution in [0.2, 0.25) is 0 Å². The number of piperidine rings is 1. The monoisotopic (exact) mass is 296 g/mol. The molecule has 1 aromatic heterocycles. The normalized spacial score (nSPS) is 20.4. The molecule has 4 rings (SSSR count). The van der Waals surface area contributed by atoms with Gasteiger partial charge >= 0.3 is 0 Å². The minimum atomic E-state index is 0.369. The first-order valence-corrected chi connectivity index (χ1v) is 8.51. The van der Waals surface area contributed by atoms with E-state index < -0.39 is 0 Å². The van der Waals surface area contributed by atoms with E-state index in [1.54, 1.807) is 0 Å². The summed E-state index contributed by atoms with van der Waals surface area (Å²) in [5.41, 5.74) is 1.21. The van der Waals surface area contributed by atoms with Crippen LogP contribution >= 0.6 is 0 Å². The molecule has 2 heterocycles. The van der Waals surface area contributed by atoms with Gasteiger partial charge in [0.2, 0.25) is 0 Å². The molecule has 22 heavy (non-hydrogen) atoms. The fraction of sp³-hybridized carbons (Fsp3) is 0.526. The van der Waals surface area contributed by atoms with E-state index in [-0.39, 0.29) is 0 Å². The highest BCUT2D eigenvalue weighted by atomic mass is 16.5. The second kappa shape index (κ2) is 5.88. The van der Waals surface area contributed by atoms with E-state index in [2.05, 4.69) is 35.0 Å². The molecule has 1 saturated carbocycles. The van der Waals surface area contributed by atoms with Crippen LogP contribution in [-0.2, 0) is 0 Å². The summed E-state index contributed by atoms with van der Waals surface area (Å²) < 4.78 is 6.32. The van der Waals surface area contributed by atoms with Gasteiger partial charge in [-0.15, -0.1) is 0 Å². The lowest BCUT2D eigenvalue weighted by molar-refractivity contribution is 0.0976. The molecular weight excluding hydrogens is 272 g/mol. The van der Waals surface area contributed by atoms with Gasteiger partial charge in [0, 0.05) is 37.4 Å². The average molecular weight is 296 g/mol. The average Bonchev–Trinajstić information content (AvgIpc) is 3.34. The van der Waals surface area contributed by atoms with Crippen molar-refractivity contribution in [3.05, 3.63) is 36.2 Å². The number of pyridine rings is 1. The Morgan fingerprint density at radius 1 is 1.14 bits per heavy atom. The summed E-state index contributed by atoms with van der Waals surface area (Å²) in [6, 6.07) is 6.41. The van der Waals surface area contributed by atoms with Crippen molar-refractivity contribution < 1.29 is 4.74 Å². The van der Waals surface area contributed by atoms with Crippen molar-refractivity contribution in [2.45, 2.75) is 38.7 Å². The number of benzene rings is 1. The summed E-state index contributed by atoms with van der Waals surface area (Å²) in [7, 11) is 0. The lowest BCUT2D eigenvalue weighted by Gasteiger charge is -2.32. The van der Waals surface area contributed by atoms with Crippen LogP contribution in [0.25, 0.3) is 10.8 Å². The predicted octanol–water partition coefficient (Wildman–Crippen LogP) is 3.80. The minimum absolute atomic E-state index is 0.369. The van der Waals surface area contributed by atoms with Crippen molar-refractivity contribution in [2.24, 2.45) is 5.92 Å². The lowest BCUT2D eigenvalue weighted by atomic mass is 10.1. The van der Waals surface area contributed by atoms with E-state index in [0.29, 0.717) is 6.10 Å². The molecule has 2 aromatic rings. The summed E-state index contributed by atoms with van der Waals surface area (Å²) in [5.74, 6) is 2.04. The number of likely N-dealkylation sites (tertiary alicyclic amines) is 1. The van der Waals surface area contributed by atoms with E-state index in [0.717, 1.165) is 24.5 Å². The summed E-state index contributed by atoms with van der Waals surface area (Å²) in [6.45, 7) is 5.83. The molecule has 0 bridgehead atoms. The second-order valence-electron chi connectivity index (χ2n) is 6.90. The van der Waals surface area contributed by atoms with E-state index in [9.17, 15) is 0 Å². The quantitative estimate of drug-likeness (QED) is 0.858. The highest BCUT2D eigenvalue weighted by Gasteiger charge is 2.27. The molecule has 3 heteroatoms. The van der Waals surface area contributed by atoms with Gasteiger partial charge in [-0.05, 0) is 67.7 Å². The first-order chi connectivity index (χ1) is 10.8. The third-order valence-corrected chi connectivity index (χ3v) is 4.98. The fourth-order valence-corrected chi connectivity index (χ4v) is 3.41. The Labute approximate surface area is 132 Å². The first-order valence-electron chi connectivity index (χ1n) is 8.51. The number of nitrogens with zero attached hydrogens (tertiary/aromatic N) is 2. The Kier molecular flexibility index (Phi) is 3.75. The molecule has 0 unspecified atom stereocenters. The van der Waals surface area contributed by atoms with Gasteiger partial charge in [-0.2, -0.15) is 0 Å². The zero-order valence-electron chi connectivity index (χ0n) is 13.3. The molecule has 0 spiro atoms. The van der Waals surface area contributed by atoms with Gasteiger partial charge in [0.05, 0.1) is 0 Å². The number of aromatic nitrogens is 1. The molecule has 0 amide bonds. The minimum Gasteiger partial charge on any atom is -0.490 e. The maximum atomic E-state index is 6.32. The van der Waals surface area contributed by atoms with E-state index >= 15 is 0 Å². The SMILES string of the molecule is Cc1cc2cnccc2cc1OC1CCN(CC2CC2)CC1. The van der Waals surface area contributed by atoms with Crippen molar-refractivity contribution >= 4 is 10.8 Å². The van der Waals surface area contributed by atoms with Crippen LogP contribution in [0.1, 0.15) is 31.2 Å². The number of hydrogen-bond acceptors (Lipinski definition) is 3. The van der Waals surface area contributed by atoms with Crippen molar-refractivity contribution in [3.8, 4) is 5.75 Å². The Morgan fingerprint density at radius 3 is 2.73 bits per heavy atom. The molecular formula is C19H24N2O. The lowest BCUT2D eigenvalue weighted by Crippen LogP contribution is -2.39. The Morgan fingerprint density at radius 2 is 1.95 bits per heavy atom. The molecule has 2 aliphatic rings. The van der Waals surface area contributed by atoms with Gasteiger partial charge in [0.1, 0.15) is 11.9 Å². The van der Waals surface area contributed by atoms with Gasteiger partial charge in [-0.3, -0.25) is 4.98 Å². The van der Waals surface area contributed by atoms with Gasteiger partial charge in [-0.25, -0.2) is 0 Å². The summed E-state index contributed by atoms with van der Waals surface area (Å²) in [5, 5.41) is 2.40. The van der Waals surface area contributed by atoms with Crippen molar-refractivity contribution in [1.29, 1.82) is 0 Å². The van der Waals surface area contributed by atoms with Gasteiger partial charge < -0.3 is 9.64 Å². The summed E-state index contributed by atoms with van der Waals surface area (Å²) in [4.78, 5) is 6.81. The second-order valence-corrected chi connectivity index (χ2v) is 6.90. The summed E-state index contributed by atoms with van der Waals surface area (Å²) >= 11 is 0. The van der Waals surface area contributed by atoms with Gasteiger partial charge in [0.25, 0.3) is 0 Å². The number of hydrogen-bond donors (Lipinski definition) is 0. The smallest absolute Gasteiger partial charge is 0.123 e. The Bertz CT molecular complexity index is 658. The third kappa shape index (κ3) is 3.09. The molecule has 116 valence electrons. The highest BCUT2D eigenvalue weighted by molar-refractivity contribution is 5.84. The molecule has 0 radical (unpaired) electrons. The van der Waals surface area contributed by atoms with Crippen LogP contribution in [0.4, 0.5) is 0 Å². The van der Waals surface area contributed by atoms with Crippen LogP contribution < -0.4 is 4.74 Å². The van der Waals surface area contributed by atoms with Gasteiger partial charge in [0.15, 0.2) is 0 Å². The first kappa shape index (κ1) is 14.0. The van der Waals surface area contributed by atoms with Crippen molar-refractivity contribution in [1.82, 2.24) is 9.88 Å². The highest BCUT2D eigenvalue weighted by Crippen LogP contribution is 2.31. The topological polar surface area (TPSA) is 25.4 Å². The largest absolute Gasteiger partial charge is 0.490 e. The van der Waals surface area contributed by atoms with Gasteiger partial charge in [-0.1, -0.05) is 0 Å². The van der Waals surface area contributed by atoms with Crippen LogP contribution in [0.15, 0.2) is 30.6 Å². The number of rotatable bonds is 4. The molecule has 1 aliphatic heterocycles. The molecule has 2 fully saturated rings. The van der Waals surface area contributed by atoms with Crippen LogP contribution in [0.3, 0.4) is 0 Å². The zero-order chi connectivity index (χ0) is 14.9. The van der Waals surface area contributed by atoms with Crippen LogP contribution in [0, 0.1) is 12.8 Å². The van der Waals surface area contributed by atoms with Crippen LogP contribution in [-0.4, -0.2) is 35.6 Å². The van der Waals surface area contributed by atoms with Crippen molar-refractivity contribution in [2.75, 3.05) is 19.6 Å². The number of aryl methyl sites for hydroxylation is 1. The molecule has 1 aromatic carbocycles. The molecule has 1 saturated heterocycles. The van der Waals surface area contributed by atoms with Crippen LogP contribution in [0.5, 0.6) is 5.75 Å². The van der Waals surface area contributed by atoms with E-state index in [1.165, 1.54) is 48.8 Å². The summed E-state index contributed by atoms with van der Waals surface area (Å²) in [6.07, 6.45) is 9.33. The maximum absolute atomic E-state index is 6.32. The molecule has 3 nitrogen and oxygen atoms in total. The van der Waals surface area contributed by atoms with E-state index in [1.807, 2.05) is 12.4 Å². The Hall–Kier alpha value is -1.61. The zero-order valence-corrected chi connectivity index (χ0v) is 13.3. The standard InChI is InChI=1S/C19H24N2O/c1-14-10-17-12-20-7-4-16(17)11-19(14)22-18-5-8-21(9-6-18)13-15-2-3-15/h4,7,10-12,15,18H,2-3,5-6,8-9,13H2,1H3. The van der Waals surface area contributed by atoms with Crippen molar-refractivity contribution in [3.63, 3.8) is 0 Å².